The molecule has 0 amide bonds. The maximum Gasteiger partial charge on any atom is -0.0193 e. The molecule has 0 saturated heterocycles. The molecule has 26 heavy (non-hydrogen) atoms. The largest absolute Gasteiger partial charge is 0.100 e. The van der Waals surface area contributed by atoms with Crippen molar-refractivity contribution in [3.8, 4) is 0 Å². The molecule has 0 aromatic heterocycles. The molecule has 0 radical (unpaired) electrons. The van der Waals surface area contributed by atoms with Gasteiger partial charge >= 0.3 is 0 Å². The number of hydrogen-bond acceptors (Lipinski definition) is 0. The van der Waals surface area contributed by atoms with Gasteiger partial charge in [0, 0.05) is 0 Å². The molecule has 0 aromatic rings. The fourth-order valence-electron chi connectivity index (χ4n) is 3.14. The van der Waals surface area contributed by atoms with E-state index in [2.05, 4.69) is 46.1 Å². The van der Waals surface area contributed by atoms with E-state index in [1.165, 1.54) is 101 Å². The zero-order chi connectivity index (χ0) is 20.0. The van der Waals surface area contributed by atoms with E-state index >= 15 is 0 Å². The first kappa shape index (κ1) is 27.4. The second-order valence-electron chi connectivity index (χ2n) is 7.65. The molecule has 0 heterocycles. The zero-order valence-corrected chi connectivity index (χ0v) is 19.0. The number of rotatable bonds is 12. The lowest BCUT2D eigenvalue weighted by Crippen LogP contribution is -1.85. The molecule has 1 atom stereocenters. The van der Waals surface area contributed by atoms with E-state index in [1.807, 2.05) is 13.8 Å². The Labute approximate surface area is 167 Å². The molecule has 0 aliphatic heterocycles. The van der Waals surface area contributed by atoms with Gasteiger partial charge in [0.05, 0.1) is 0 Å². The summed E-state index contributed by atoms with van der Waals surface area (Å²) < 4.78 is 0. The average Bonchev–Trinajstić information content (AvgIpc) is 3.05. The van der Waals surface area contributed by atoms with Gasteiger partial charge in [-0.25, -0.2) is 0 Å². The highest BCUT2D eigenvalue weighted by molar-refractivity contribution is 5.07. The first-order valence-corrected chi connectivity index (χ1v) is 11.6. The van der Waals surface area contributed by atoms with Gasteiger partial charge in [-0.15, -0.1) is 6.58 Å². The van der Waals surface area contributed by atoms with Crippen LogP contribution in [0.1, 0.15) is 125 Å². The lowest BCUT2D eigenvalue weighted by molar-refractivity contribution is 0.633. The van der Waals surface area contributed by atoms with Crippen molar-refractivity contribution in [1.29, 1.82) is 0 Å². The van der Waals surface area contributed by atoms with Crippen molar-refractivity contribution in [2.45, 2.75) is 125 Å². The van der Waals surface area contributed by atoms with Gasteiger partial charge in [-0.2, -0.15) is 0 Å². The van der Waals surface area contributed by atoms with Crippen LogP contribution < -0.4 is 0 Å². The normalized spacial score (nSPS) is 16.0. The van der Waals surface area contributed by atoms with Crippen LogP contribution in [-0.4, -0.2) is 0 Å². The van der Waals surface area contributed by atoms with E-state index in [-0.39, 0.29) is 0 Å². The van der Waals surface area contributed by atoms with E-state index in [9.17, 15) is 0 Å². The SMILES string of the molecule is C=C(C)CCCCCC.C=C1CCC(/C=C/CCCCCCC)C1.CC. The van der Waals surface area contributed by atoms with E-state index in [0.717, 1.165) is 5.92 Å². The Morgan fingerprint density at radius 1 is 0.962 bits per heavy atom. The molecule has 1 rings (SSSR count). The molecule has 1 saturated carbocycles. The van der Waals surface area contributed by atoms with E-state index in [0.29, 0.717) is 0 Å². The predicted molar refractivity (Wildman–Crippen MR) is 124 cm³/mol. The summed E-state index contributed by atoms with van der Waals surface area (Å²) in [5.41, 5.74) is 2.78. The van der Waals surface area contributed by atoms with Crippen LogP contribution in [0.25, 0.3) is 0 Å². The molecule has 0 N–H and O–H groups in total. The van der Waals surface area contributed by atoms with E-state index < -0.39 is 0 Å². The van der Waals surface area contributed by atoms with Crippen molar-refractivity contribution in [3.63, 3.8) is 0 Å². The summed E-state index contributed by atoms with van der Waals surface area (Å²) in [4.78, 5) is 0. The van der Waals surface area contributed by atoms with Crippen molar-refractivity contribution in [1.82, 2.24) is 0 Å². The smallest absolute Gasteiger partial charge is 0.0193 e. The van der Waals surface area contributed by atoms with E-state index in [1.54, 1.807) is 0 Å². The second kappa shape index (κ2) is 22.3. The summed E-state index contributed by atoms with van der Waals surface area (Å²) >= 11 is 0. The molecule has 0 bridgehead atoms. The van der Waals surface area contributed by atoms with Gasteiger partial charge in [-0.3, -0.25) is 0 Å². The Hall–Kier alpha value is -0.780. The Balaban J connectivity index is 0. The highest BCUT2D eigenvalue weighted by Crippen LogP contribution is 2.29. The third kappa shape index (κ3) is 21.3. The monoisotopic (exact) mass is 362 g/mol. The molecule has 1 fully saturated rings. The quantitative estimate of drug-likeness (QED) is 0.239. The highest BCUT2D eigenvalue weighted by Gasteiger charge is 2.14. The fourth-order valence-corrected chi connectivity index (χ4v) is 3.14. The molecular weight excluding hydrogens is 312 g/mol. The highest BCUT2D eigenvalue weighted by atomic mass is 14.2. The second-order valence-corrected chi connectivity index (χ2v) is 7.65. The minimum absolute atomic E-state index is 0.813. The summed E-state index contributed by atoms with van der Waals surface area (Å²) in [6.45, 7) is 18.5. The Bertz CT molecular complexity index is 334. The third-order valence-corrected chi connectivity index (χ3v) is 4.76. The van der Waals surface area contributed by atoms with Crippen LogP contribution in [-0.2, 0) is 0 Å². The van der Waals surface area contributed by atoms with Crippen LogP contribution in [0.5, 0.6) is 0 Å². The topological polar surface area (TPSA) is 0 Å². The Morgan fingerprint density at radius 3 is 2.04 bits per heavy atom. The molecule has 0 spiro atoms. The van der Waals surface area contributed by atoms with Crippen molar-refractivity contribution >= 4 is 0 Å². The first-order valence-electron chi connectivity index (χ1n) is 11.6. The first-order chi connectivity index (χ1) is 12.6. The summed E-state index contributed by atoms with van der Waals surface area (Å²) in [5, 5.41) is 0. The van der Waals surface area contributed by atoms with Gasteiger partial charge in [0.15, 0.2) is 0 Å². The molecule has 1 aliphatic carbocycles. The zero-order valence-electron chi connectivity index (χ0n) is 19.0. The van der Waals surface area contributed by atoms with Crippen molar-refractivity contribution in [3.05, 3.63) is 36.5 Å². The van der Waals surface area contributed by atoms with Crippen LogP contribution in [0, 0.1) is 5.92 Å². The van der Waals surface area contributed by atoms with Crippen molar-refractivity contribution in [2.24, 2.45) is 5.92 Å². The molecule has 1 unspecified atom stereocenters. The third-order valence-electron chi connectivity index (χ3n) is 4.76. The van der Waals surface area contributed by atoms with Crippen LogP contribution in [0.3, 0.4) is 0 Å². The van der Waals surface area contributed by atoms with Crippen LogP contribution in [0.4, 0.5) is 0 Å². The molecule has 0 aromatic carbocycles. The maximum absolute atomic E-state index is 4.05. The summed E-state index contributed by atoms with van der Waals surface area (Å²) in [6, 6.07) is 0. The molecule has 1 aliphatic rings. The van der Waals surface area contributed by atoms with Gasteiger partial charge in [0.1, 0.15) is 0 Å². The Kier molecular flexibility index (Phi) is 23.5. The van der Waals surface area contributed by atoms with Gasteiger partial charge in [0.2, 0.25) is 0 Å². The predicted octanol–water partition coefficient (Wildman–Crippen LogP) is 9.82. The standard InChI is InChI=1S/C15H26.C9H18.C2H6/c1-3-4-5-6-7-8-9-10-15-12-11-14(2)13-15;1-4-5-6-7-8-9(2)3;1-2/h9-10,15H,2-8,11-13H2,1H3;2,4-8H2,1,3H3;1-2H3/b10-9+;;. The molecule has 154 valence electrons. The maximum atomic E-state index is 4.05. The number of hydrogen-bond donors (Lipinski definition) is 0. The minimum Gasteiger partial charge on any atom is -0.100 e. The lowest BCUT2D eigenvalue weighted by atomic mass is 10.1. The summed E-state index contributed by atoms with van der Waals surface area (Å²) in [5.74, 6) is 0.813. The molecule has 0 heteroatoms. The van der Waals surface area contributed by atoms with Gasteiger partial charge in [0.25, 0.3) is 0 Å². The molecular formula is C26H50. The van der Waals surface area contributed by atoms with Gasteiger partial charge in [-0.1, -0.05) is 103 Å². The average molecular weight is 363 g/mol. The van der Waals surface area contributed by atoms with Crippen LogP contribution >= 0.6 is 0 Å². The summed E-state index contributed by atoms with van der Waals surface area (Å²) in [7, 11) is 0. The van der Waals surface area contributed by atoms with Crippen molar-refractivity contribution < 1.29 is 0 Å². The fraction of sp³-hybridized carbons (Fsp3) is 0.769. The number of allylic oxidation sites excluding steroid dienone is 4. The summed E-state index contributed by atoms with van der Waals surface area (Å²) in [6.07, 6.45) is 23.6. The van der Waals surface area contributed by atoms with E-state index in [4.69, 9.17) is 0 Å². The lowest BCUT2D eigenvalue weighted by Gasteiger charge is -2.00. The molecule has 0 nitrogen and oxygen atoms in total. The minimum atomic E-state index is 0.813. The van der Waals surface area contributed by atoms with Crippen LogP contribution in [0.15, 0.2) is 36.5 Å². The number of unbranched alkanes of at least 4 members (excludes halogenated alkanes) is 8. The Morgan fingerprint density at radius 2 is 1.54 bits per heavy atom. The van der Waals surface area contributed by atoms with Crippen molar-refractivity contribution in [2.75, 3.05) is 0 Å². The van der Waals surface area contributed by atoms with Crippen LogP contribution in [0.2, 0.25) is 0 Å². The van der Waals surface area contributed by atoms with Gasteiger partial charge < -0.3 is 0 Å². The van der Waals surface area contributed by atoms with Gasteiger partial charge in [-0.05, 0) is 57.8 Å².